The molecule has 136 valence electrons. The normalized spacial score (nSPS) is 11.0. The second-order valence-electron chi connectivity index (χ2n) is 6.22. The van der Waals surface area contributed by atoms with Gasteiger partial charge in [-0.1, -0.05) is 27.7 Å². The largest absolute Gasteiger partial charge is 0.480 e. The van der Waals surface area contributed by atoms with Crippen molar-refractivity contribution in [2.75, 3.05) is 19.5 Å². The summed E-state index contributed by atoms with van der Waals surface area (Å²) in [6.45, 7) is 8.48. The maximum atomic E-state index is 5.46. The molecule has 0 radical (unpaired) electrons. The molecule has 2 rings (SSSR count). The Balaban J connectivity index is 2.40. The molecule has 0 unspecified atom stereocenters. The average Bonchev–Trinajstić information content (AvgIpc) is 2.65. The summed E-state index contributed by atoms with van der Waals surface area (Å²) in [5.74, 6) is 2.00. The Morgan fingerprint density at radius 3 is 2.24 bits per heavy atom. The van der Waals surface area contributed by atoms with Gasteiger partial charge in [-0.05, 0) is 30.9 Å². The van der Waals surface area contributed by atoms with Gasteiger partial charge in [0.25, 0.3) is 5.88 Å². The lowest BCUT2D eigenvalue weighted by atomic mass is 10.1. The van der Waals surface area contributed by atoms with E-state index < -0.39 is 0 Å². The molecule has 2 aromatic heterocycles. The van der Waals surface area contributed by atoms with Crippen LogP contribution >= 0.6 is 0 Å². The summed E-state index contributed by atoms with van der Waals surface area (Å²) >= 11 is 0. The standard InChI is InChI=1S/C19H28N4O2/c1-7-13(8-2)21-17-19(25-6)23-16(11-20-17)14-9-10-15(12(3)4)22-18(14)24-5/h9-13H,7-8H2,1-6H3,(H,20,21). The van der Waals surface area contributed by atoms with E-state index in [1.165, 1.54) is 0 Å². The van der Waals surface area contributed by atoms with Gasteiger partial charge in [-0.15, -0.1) is 0 Å². The summed E-state index contributed by atoms with van der Waals surface area (Å²) in [6, 6.07) is 4.31. The van der Waals surface area contributed by atoms with Crippen LogP contribution in [0.4, 0.5) is 5.82 Å². The number of aromatic nitrogens is 3. The smallest absolute Gasteiger partial charge is 0.257 e. The summed E-state index contributed by atoms with van der Waals surface area (Å²) in [4.78, 5) is 13.7. The van der Waals surface area contributed by atoms with E-state index in [1.807, 2.05) is 12.1 Å². The molecule has 2 heterocycles. The number of rotatable bonds is 8. The molecular formula is C19H28N4O2. The first-order valence-corrected chi connectivity index (χ1v) is 8.76. The average molecular weight is 344 g/mol. The maximum Gasteiger partial charge on any atom is 0.257 e. The van der Waals surface area contributed by atoms with Crippen molar-refractivity contribution in [1.82, 2.24) is 15.0 Å². The van der Waals surface area contributed by atoms with Gasteiger partial charge in [-0.25, -0.2) is 15.0 Å². The topological polar surface area (TPSA) is 69.2 Å². The first-order chi connectivity index (χ1) is 12.0. The number of ether oxygens (including phenoxy) is 2. The van der Waals surface area contributed by atoms with Crippen molar-refractivity contribution < 1.29 is 9.47 Å². The molecular weight excluding hydrogens is 316 g/mol. The van der Waals surface area contributed by atoms with E-state index in [-0.39, 0.29) is 0 Å². The lowest BCUT2D eigenvalue weighted by molar-refractivity contribution is 0.393. The predicted molar refractivity (Wildman–Crippen MR) is 100 cm³/mol. The van der Waals surface area contributed by atoms with Crippen LogP contribution in [0.2, 0.25) is 0 Å². The Bertz CT molecular complexity index is 700. The van der Waals surface area contributed by atoms with E-state index in [0.717, 1.165) is 24.1 Å². The lowest BCUT2D eigenvalue weighted by Crippen LogP contribution is -2.18. The summed E-state index contributed by atoms with van der Waals surface area (Å²) < 4.78 is 10.9. The molecule has 0 amide bonds. The summed E-state index contributed by atoms with van der Waals surface area (Å²) in [7, 11) is 3.22. The number of hydrogen-bond donors (Lipinski definition) is 1. The van der Waals surface area contributed by atoms with Crippen LogP contribution < -0.4 is 14.8 Å². The summed E-state index contributed by atoms with van der Waals surface area (Å²) in [5.41, 5.74) is 2.45. The molecule has 0 aliphatic rings. The van der Waals surface area contributed by atoms with E-state index in [0.29, 0.717) is 35.2 Å². The molecule has 0 saturated heterocycles. The SMILES string of the molecule is CCC(CC)Nc1ncc(-c2ccc(C(C)C)nc2OC)nc1OC. The van der Waals surface area contributed by atoms with Gasteiger partial charge < -0.3 is 14.8 Å². The predicted octanol–water partition coefficient (Wildman–Crippen LogP) is 4.28. The highest BCUT2D eigenvalue weighted by Crippen LogP contribution is 2.31. The van der Waals surface area contributed by atoms with Gasteiger partial charge in [0, 0.05) is 11.7 Å². The Morgan fingerprint density at radius 1 is 1.00 bits per heavy atom. The van der Waals surface area contributed by atoms with Crippen molar-refractivity contribution in [3.8, 4) is 23.0 Å². The van der Waals surface area contributed by atoms with Gasteiger partial charge in [0.05, 0.1) is 31.7 Å². The third kappa shape index (κ3) is 4.38. The molecule has 6 nitrogen and oxygen atoms in total. The van der Waals surface area contributed by atoms with Crippen LogP contribution in [0.5, 0.6) is 11.8 Å². The zero-order valence-corrected chi connectivity index (χ0v) is 16.0. The van der Waals surface area contributed by atoms with Gasteiger partial charge in [0.2, 0.25) is 5.88 Å². The monoisotopic (exact) mass is 344 g/mol. The minimum atomic E-state index is 0.329. The van der Waals surface area contributed by atoms with Crippen molar-refractivity contribution in [2.45, 2.75) is 52.5 Å². The van der Waals surface area contributed by atoms with E-state index in [1.54, 1.807) is 20.4 Å². The van der Waals surface area contributed by atoms with Crippen LogP contribution in [-0.2, 0) is 0 Å². The highest BCUT2D eigenvalue weighted by molar-refractivity contribution is 5.66. The molecule has 2 aromatic rings. The van der Waals surface area contributed by atoms with Crippen molar-refractivity contribution in [3.63, 3.8) is 0 Å². The fourth-order valence-electron chi connectivity index (χ4n) is 2.56. The molecule has 0 fully saturated rings. The zero-order valence-electron chi connectivity index (χ0n) is 16.0. The maximum absolute atomic E-state index is 5.46. The van der Waals surface area contributed by atoms with Crippen molar-refractivity contribution in [1.29, 1.82) is 0 Å². The highest BCUT2D eigenvalue weighted by atomic mass is 16.5. The minimum Gasteiger partial charge on any atom is -0.480 e. The number of methoxy groups -OCH3 is 2. The number of hydrogen-bond acceptors (Lipinski definition) is 6. The molecule has 1 N–H and O–H groups in total. The molecule has 0 aromatic carbocycles. The van der Waals surface area contributed by atoms with Crippen LogP contribution in [0.25, 0.3) is 11.3 Å². The molecule has 0 atom stereocenters. The van der Waals surface area contributed by atoms with E-state index in [9.17, 15) is 0 Å². The Hall–Kier alpha value is -2.37. The third-order valence-electron chi connectivity index (χ3n) is 4.20. The number of nitrogens with one attached hydrogen (secondary N) is 1. The Morgan fingerprint density at radius 2 is 1.68 bits per heavy atom. The van der Waals surface area contributed by atoms with Crippen LogP contribution in [-0.4, -0.2) is 35.2 Å². The fraction of sp³-hybridized carbons (Fsp3) is 0.526. The zero-order chi connectivity index (χ0) is 18.4. The molecule has 0 saturated carbocycles. The molecule has 0 aliphatic heterocycles. The minimum absolute atomic E-state index is 0.329. The Kier molecular flexibility index (Phi) is 6.56. The highest BCUT2D eigenvalue weighted by Gasteiger charge is 2.16. The second-order valence-corrected chi connectivity index (χ2v) is 6.22. The van der Waals surface area contributed by atoms with Crippen molar-refractivity contribution in [2.24, 2.45) is 0 Å². The quantitative estimate of drug-likeness (QED) is 0.771. The molecule has 0 bridgehead atoms. The van der Waals surface area contributed by atoms with E-state index in [2.05, 4.69) is 48.0 Å². The van der Waals surface area contributed by atoms with Gasteiger partial charge in [0.1, 0.15) is 0 Å². The van der Waals surface area contributed by atoms with E-state index in [4.69, 9.17) is 9.47 Å². The van der Waals surface area contributed by atoms with Crippen molar-refractivity contribution >= 4 is 5.82 Å². The molecule has 0 aliphatic carbocycles. The fourth-order valence-corrected chi connectivity index (χ4v) is 2.56. The van der Waals surface area contributed by atoms with Crippen LogP contribution in [0.15, 0.2) is 18.3 Å². The second kappa shape index (κ2) is 8.65. The van der Waals surface area contributed by atoms with Gasteiger partial charge in [-0.3, -0.25) is 0 Å². The molecule has 25 heavy (non-hydrogen) atoms. The van der Waals surface area contributed by atoms with Gasteiger partial charge >= 0.3 is 0 Å². The molecule has 0 spiro atoms. The first kappa shape index (κ1) is 19.0. The molecule has 6 heteroatoms. The van der Waals surface area contributed by atoms with Crippen LogP contribution in [0.1, 0.15) is 52.1 Å². The third-order valence-corrected chi connectivity index (χ3v) is 4.20. The lowest BCUT2D eigenvalue weighted by Gasteiger charge is -2.17. The van der Waals surface area contributed by atoms with E-state index >= 15 is 0 Å². The van der Waals surface area contributed by atoms with Crippen LogP contribution in [0.3, 0.4) is 0 Å². The van der Waals surface area contributed by atoms with Crippen LogP contribution in [0, 0.1) is 0 Å². The number of anilines is 1. The summed E-state index contributed by atoms with van der Waals surface area (Å²) in [5, 5.41) is 3.38. The Labute approximate surface area is 150 Å². The van der Waals surface area contributed by atoms with Crippen molar-refractivity contribution in [3.05, 3.63) is 24.0 Å². The van der Waals surface area contributed by atoms with Gasteiger partial charge in [0.15, 0.2) is 5.82 Å². The summed E-state index contributed by atoms with van der Waals surface area (Å²) in [6.07, 6.45) is 3.75. The number of nitrogens with zero attached hydrogens (tertiary/aromatic N) is 3. The number of pyridine rings is 1. The first-order valence-electron chi connectivity index (χ1n) is 8.76. The van der Waals surface area contributed by atoms with Gasteiger partial charge in [-0.2, -0.15) is 0 Å².